The summed E-state index contributed by atoms with van der Waals surface area (Å²) in [6.45, 7) is 6.19. The van der Waals surface area contributed by atoms with Crippen molar-refractivity contribution < 1.29 is 9.59 Å². The lowest BCUT2D eigenvalue weighted by Crippen LogP contribution is -2.31. The summed E-state index contributed by atoms with van der Waals surface area (Å²) in [7, 11) is 1.83. The average molecular weight is 535 g/mol. The number of rotatable bonds is 10. The fourth-order valence-electron chi connectivity index (χ4n) is 3.63. The zero-order valence-electron chi connectivity index (χ0n) is 20.1. The largest absolute Gasteiger partial charge is 0.342 e. The molecular formula is C25H29Cl2N5O2S. The van der Waals surface area contributed by atoms with Gasteiger partial charge in [-0.05, 0) is 48.6 Å². The fraction of sp³-hybridized carbons (Fsp3) is 0.360. The molecule has 1 atom stereocenters. The van der Waals surface area contributed by atoms with Crippen molar-refractivity contribution in [2.75, 3.05) is 11.1 Å². The summed E-state index contributed by atoms with van der Waals surface area (Å²) in [6, 6.07) is 12.1. The molecule has 3 aromatic rings. The third-order valence-electron chi connectivity index (χ3n) is 5.37. The van der Waals surface area contributed by atoms with Crippen molar-refractivity contribution in [1.82, 2.24) is 20.1 Å². The highest BCUT2D eigenvalue weighted by Crippen LogP contribution is 2.26. The maximum Gasteiger partial charge on any atom is 0.253 e. The number of carbonyl (C=O) groups excluding carboxylic acids is 2. The van der Waals surface area contributed by atoms with Crippen LogP contribution in [0.2, 0.25) is 10.0 Å². The van der Waals surface area contributed by atoms with E-state index in [9.17, 15) is 9.59 Å². The van der Waals surface area contributed by atoms with E-state index in [1.165, 1.54) is 17.8 Å². The summed E-state index contributed by atoms with van der Waals surface area (Å²) in [4.78, 5) is 25.5. The van der Waals surface area contributed by atoms with E-state index in [0.29, 0.717) is 33.9 Å². The van der Waals surface area contributed by atoms with Gasteiger partial charge in [0.1, 0.15) is 0 Å². The molecule has 2 N–H and O–H groups in total. The topological polar surface area (TPSA) is 88.9 Å². The summed E-state index contributed by atoms with van der Waals surface area (Å²) >= 11 is 13.5. The zero-order chi connectivity index (χ0) is 25.5. The quantitative estimate of drug-likeness (QED) is 0.315. The number of hydrogen-bond donors (Lipinski definition) is 2. The van der Waals surface area contributed by atoms with Crippen molar-refractivity contribution in [3.8, 4) is 0 Å². The van der Waals surface area contributed by atoms with Crippen molar-refractivity contribution in [1.29, 1.82) is 0 Å². The molecule has 0 fully saturated rings. The van der Waals surface area contributed by atoms with Crippen LogP contribution in [0.4, 0.5) is 5.69 Å². The first-order chi connectivity index (χ1) is 16.7. The van der Waals surface area contributed by atoms with Crippen molar-refractivity contribution in [2.24, 2.45) is 13.0 Å². The number of nitrogens with one attached hydrogen (secondary N) is 2. The Labute approximate surface area is 220 Å². The van der Waals surface area contributed by atoms with Gasteiger partial charge < -0.3 is 15.2 Å². The minimum absolute atomic E-state index is 0.120. The molecule has 2 aromatic carbocycles. The zero-order valence-corrected chi connectivity index (χ0v) is 22.5. The predicted molar refractivity (Wildman–Crippen MR) is 142 cm³/mol. The van der Waals surface area contributed by atoms with Gasteiger partial charge in [0, 0.05) is 17.8 Å². The Morgan fingerprint density at radius 1 is 1.11 bits per heavy atom. The second-order valence-electron chi connectivity index (χ2n) is 8.53. The lowest BCUT2D eigenvalue weighted by atomic mass is 10.0. The molecule has 0 radical (unpaired) electrons. The molecule has 0 aliphatic rings. The van der Waals surface area contributed by atoms with Gasteiger partial charge in [-0.15, -0.1) is 10.2 Å². The van der Waals surface area contributed by atoms with Crippen LogP contribution < -0.4 is 10.6 Å². The molecule has 0 spiro atoms. The van der Waals surface area contributed by atoms with E-state index in [-0.39, 0.29) is 28.6 Å². The van der Waals surface area contributed by atoms with Crippen LogP contribution in [-0.4, -0.2) is 32.3 Å². The van der Waals surface area contributed by atoms with Crippen LogP contribution in [-0.2, 0) is 18.3 Å². The van der Waals surface area contributed by atoms with Gasteiger partial charge in [0.05, 0.1) is 22.4 Å². The molecule has 0 aliphatic heterocycles. The van der Waals surface area contributed by atoms with E-state index in [0.717, 1.165) is 17.7 Å². The number of nitrogens with zero attached hydrogens (tertiary/aromatic N) is 3. The van der Waals surface area contributed by atoms with Gasteiger partial charge in [0.2, 0.25) is 5.91 Å². The monoisotopic (exact) mass is 533 g/mol. The van der Waals surface area contributed by atoms with Crippen molar-refractivity contribution in [2.45, 2.75) is 44.8 Å². The van der Waals surface area contributed by atoms with Crippen LogP contribution in [0, 0.1) is 5.92 Å². The molecule has 0 unspecified atom stereocenters. The van der Waals surface area contributed by atoms with Gasteiger partial charge >= 0.3 is 0 Å². The predicted octanol–water partition coefficient (Wildman–Crippen LogP) is 5.93. The number of benzene rings is 2. The molecule has 1 aromatic heterocycles. The third kappa shape index (κ3) is 7.22. The number of aromatic nitrogens is 3. The summed E-state index contributed by atoms with van der Waals surface area (Å²) in [6.07, 6.45) is 1.49. The molecule has 2 amide bonds. The number of halogens is 2. The minimum Gasteiger partial charge on any atom is -0.342 e. The van der Waals surface area contributed by atoms with E-state index in [1.807, 2.05) is 42.8 Å². The summed E-state index contributed by atoms with van der Waals surface area (Å²) < 4.78 is 1.81. The average Bonchev–Trinajstić information content (AvgIpc) is 3.17. The van der Waals surface area contributed by atoms with Gasteiger partial charge in [-0.25, -0.2) is 0 Å². The lowest BCUT2D eigenvalue weighted by Gasteiger charge is -2.20. The second-order valence-corrected chi connectivity index (χ2v) is 10.3. The highest BCUT2D eigenvalue weighted by atomic mass is 35.5. The molecular weight excluding hydrogens is 505 g/mol. The molecule has 10 heteroatoms. The van der Waals surface area contributed by atoms with Gasteiger partial charge in [-0.2, -0.15) is 0 Å². The smallest absolute Gasteiger partial charge is 0.253 e. The van der Waals surface area contributed by atoms with E-state index in [4.69, 9.17) is 23.2 Å². The normalized spacial score (nSPS) is 12.0. The number of carbonyl (C=O) groups is 2. The standard InChI is InChI=1S/C25H29Cl2N5O2S/c1-5-16-8-6-7-9-20(16)28-22(33)14-35-25-31-30-23(32(25)4)21(12-15(2)3)29-24(34)18-11-10-17(26)13-19(18)27/h6-11,13,15,21H,5,12,14H2,1-4H3,(H,28,33)(H,29,34)/t21-/m0/s1. The van der Waals surface area contributed by atoms with Crippen LogP contribution in [0.25, 0.3) is 0 Å². The van der Waals surface area contributed by atoms with Crippen LogP contribution >= 0.6 is 35.0 Å². The lowest BCUT2D eigenvalue weighted by molar-refractivity contribution is -0.113. The Bertz CT molecular complexity index is 1200. The Kier molecular flexibility index (Phi) is 9.60. The van der Waals surface area contributed by atoms with Gasteiger partial charge in [-0.1, -0.05) is 73.9 Å². The highest BCUT2D eigenvalue weighted by molar-refractivity contribution is 7.99. The molecule has 0 bridgehead atoms. The molecule has 7 nitrogen and oxygen atoms in total. The van der Waals surface area contributed by atoms with E-state index >= 15 is 0 Å². The number of thioether (sulfide) groups is 1. The Hall–Kier alpha value is -2.55. The number of amides is 2. The molecule has 3 rings (SSSR count). The molecule has 0 saturated heterocycles. The third-order valence-corrected chi connectivity index (χ3v) is 6.94. The van der Waals surface area contributed by atoms with Crippen LogP contribution in [0.5, 0.6) is 0 Å². The van der Waals surface area contributed by atoms with E-state index < -0.39 is 0 Å². The van der Waals surface area contributed by atoms with Crippen molar-refractivity contribution in [3.05, 3.63) is 69.5 Å². The fourth-order valence-corrected chi connectivity index (χ4v) is 4.84. The van der Waals surface area contributed by atoms with Gasteiger partial charge in [-0.3, -0.25) is 9.59 Å². The van der Waals surface area contributed by atoms with Gasteiger partial charge in [0.25, 0.3) is 5.91 Å². The summed E-state index contributed by atoms with van der Waals surface area (Å²) in [5.41, 5.74) is 2.24. The minimum atomic E-state index is -0.383. The van der Waals surface area contributed by atoms with Crippen LogP contribution in [0.3, 0.4) is 0 Å². The molecule has 0 saturated carbocycles. The first kappa shape index (κ1) is 27.0. The number of hydrogen-bond acceptors (Lipinski definition) is 5. The molecule has 0 aliphatic carbocycles. The SMILES string of the molecule is CCc1ccccc1NC(=O)CSc1nnc([C@H](CC(C)C)NC(=O)c2ccc(Cl)cc2Cl)n1C. The summed E-state index contributed by atoms with van der Waals surface area (Å²) in [5.74, 6) is 0.647. The molecule has 35 heavy (non-hydrogen) atoms. The second kappa shape index (κ2) is 12.4. The summed E-state index contributed by atoms with van der Waals surface area (Å²) in [5, 5.41) is 15.9. The Morgan fingerprint density at radius 2 is 1.86 bits per heavy atom. The molecule has 1 heterocycles. The first-order valence-corrected chi connectivity index (χ1v) is 13.1. The highest BCUT2D eigenvalue weighted by Gasteiger charge is 2.24. The Morgan fingerprint density at radius 3 is 2.54 bits per heavy atom. The molecule has 186 valence electrons. The Balaban J connectivity index is 1.70. The maximum atomic E-state index is 12.9. The number of anilines is 1. The van der Waals surface area contributed by atoms with Crippen LogP contribution in [0.1, 0.15) is 55.0 Å². The van der Waals surface area contributed by atoms with Gasteiger partial charge in [0.15, 0.2) is 11.0 Å². The number of para-hydroxylation sites is 1. The first-order valence-electron chi connectivity index (χ1n) is 11.3. The van der Waals surface area contributed by atoms with Crippen LogP contribution in [0.15, 0.2) is 47.6 Å². The van der Waals surface area contributed by atoms with Crippen molar-refractivity contribution >= 4 is 52.5 Å². The maximum absolute atomic E-state index is 12.9. The number of aryl methyl sites for hydroxylation is 1. The van der Waals surface area contributed by atoms with E-state index in [2.05, 4.69) is 34.7 Å². The van der Waals surface area contributed by atoms with E-state index in [1.54, 1.807) is 12.1 Å². The van der Waals surface area contributed by atoms with Crippen molar-refractivity contribution in [3.63, 3.8) is 0 Å².